The van der Waals surface area contributed by atoms with Gasteiger partial charge in [-0.1, -0.05) is 0 Å². The summed E-state index contributed by atoms with van der Waals surface area (Å²) in [7, 11) is -4.06. The Morgan fingerprint density at radius 2 is 2.00 bits per heavy atom. The van der Waals surface area contributed by atoms with E-state index in [0.29, 0.717) is 0 Å². The van der Waals surface area contributed by atoms with E-state index in [2.05, 4.69) is 4.98 Å². The Hall–Kier alpha value is -1.37. The topological polar surface area (TPSA) is 47.0 Å². The molecule has 0 saturated carbocycles. The zero-order valence-electron chi connectivity index (χ0n) is 7.27. The van der Waals surface area contributed by atoms with Crippen molar-refractivity contribution in [3.05, 3.63) is 36.0 Å². The summed E-state index contributed by atoms with van der Waals surface area (Å²) in [6, 6.07) is 2.50. The Labute approximate surface area is 84.2 Å². The highest BCUT2D eigenvalue weighted by atomic mass is 32.2. The molecule has 15 heavy (non-hydrogen) atoms. The van der Waals surface area contributed by atoms with Crippen LogP contribution < -0.4 is 0 Å². The molecule has 0 aliphatic rings. The van der Waals surface area contributed by atoms with Crippen LogP contribution in [-0.2, 0) is 9.84 Å². The first-order valence-electron chi connectivity index (χ1n) is 3.72. The lowest BCUT2D eigenvalue weighted by Crippen LogP contribution is -2.04. The number of pyridine rings is 1. The maximum atomic E-state index is 11.7. The van der Waals surface area contributed by atoms with Gasteiger partial charge in [-0.2, -0.15) is 13.2 Å². The summed E-state index contributed by atoms with van der Waals surface area (Å²) in [5.41, 5.74) is 0. The van der Waals surface area contributed by atoms with Gasteiger partial charge < -0.3 is 0 Å². The Kier molecular flexibility index (Phi) is 3.13. The molecule has 0 aliphatic heterocycles. The molecule has 1 heterocycles. The highest BCUT2D eigenvalue weighted by Crippen LogP contribution is 2.18. The van der Waals surface area contributed by atoms with E-state index < -0.39 is 16.0 Å². The quantitative estimate of drug-likeness (QED) is 0.789. The van der Waals surface area contributed by atoms with Crippen LogP contribution in [0.1, 0.15) is 0 Å². The van der Waals surface area contributed by atoms with Crippen molar-refractivity contribution < 1.29 is 21.6 Å². The van der Waals surface area contributed by atoms with Crippen LogP contribution in [0.25, 0.3) is 0 Å². The fourth-order valence-electron chi connectivity index (χ4n) is 0.761. The number of allylic oxidation sites excluding steroid dienone is 1. The molecule has 0 radical (unpaired) electrons. The first kappa shape index (κ1) is 11.7. The minimum atomic E-state index is -4.64. The van der Waals surface area contributed by atoms with Crippen molar-refractivity contribution in [3.8, 4) is 0 Å². The second-order valence-corrected chi connectivity index (χ2v) is 4.41. The van der Waals surface area contributed by atoms with Crippen molar-refractivity contribution >= 4 is 9.84 Å². The van der Waals surface area contributed by atoms with Gasteiger partial charge in [-0.05, 0) is 12.1 Å². The van der Waals surface area contributed by atoms with E-state index in [-0.39, 0.29) is 16.4 Å². The van der Waals surface area contributed by atoms with Crippen LogP contribution in [0, 0.1) is 0 Å². The monoisotopic (exact) mass is 237 g/mol. The summed E-state index contributed by atoms with van der Waals surface area (Å²) in [6.07, 6.45) is -2.66. The summed E-state index contributed by atoms with van der Waals surface area (Å²) >= 11 is 0. The molecule has 1 aromatic rings. The van der Waals surface area contributed by atoms with Crippen molar-refractivity contribution in [1.82, 2.24) is 4.98 Å². The van der Waals surface area contributed by atoms with Gasteiger partial charge >= 0.3 is 6.18 Å². The van der Waals surface area contributed by atoms with Crippen molar-refractivity contribution in [2.24, 2.45) is 0 Å². The zero-order chi connectivity index (χ0) is 11.5. The molecule has 0 aromatic carbocycles. The summed E-state index contributed by atoms with van der Waals surface area (Å²) in [5.74, 6) is 0. The van der Waals surface area contributed by atoms with Crippen LogP contribution in [0.4, 0.5) is 13.2 Å². The molecule has 0 amide bonds. The average Bonchev–Trinajstić information content (AvgIpc) is 2.16. The summed E-state index contributed by atoms with van der Waals surface area (Å²) in [6.45, 7) is 0. The van der Waals surface area contributed by atoms with Gasteiger partial charge in [0.05, 0.1) is 4.90 Å². The van der Waals surface area contributed by atoms with E-state index >= 15 is 0 Å². The normalized spacial score (nSPS) is 13.3. The highest BCUT2D eigenvalue weighted by Gasteiger charge is 2.24. The Balaban J connectivity index is 3.01. The zero-order valence-corrected chi connectivity index (χ0v) is 8.09. The molecular weight excluding hydrogens is 231 g/mol. The van der Waals surface area contributed by atoms with Gasteiger partial charge in [0.2, 0.25) is 9.84 Å². The molecule has 0 saturated heterocycles. The van der Waals surface area contributed by atoms with Gasteiger partial charge in [-0.15, -0.1) is 0 Å². The maximum absolute atomic E-state index is 11.7. The fourth-order valence-corrected chi connectivity index (χ4v) is 1.73. The van der Waals surface area contributed by atoms with Gasteiger partial charge in [-0.25, -0.2) is 8.42 Å². The number of hydrogen-bond donors (Lipinski definition) is 0. The molecule has 0 unspecified atom stereocenters. The third kappa shape index (κ3) is 3.70. The van der Waals surface area contributed by atoms with Crippen molar-refractivity contribution in [2.75, 3.05) is 0 Å². The third-order valence-corrected chi connectivity index (χ3v) is 2.79. The van der Waals surface area contributed by atoms with E-state index in [0.717, 1.165) is 6.20 Å². The first-order chi connectivity index (χ1) is 6.81. The summed E-state index contributed by atoms with van der Waals surface area (Å²) in [5, 5.41) is 0.115. The second kappa shape index (κ2) is 4.01. The highest BCUT2D eigenvalue weighted by molar-refractivity contribution is 7.94. The number of rotatable bonds is 2. The predicted molar refractivity (Wildman–Crippen MR) is 46.6 cm³/mol. The summed E-state index contributed by atoms with van der Waals surface area (Å²) in [4.78, 5) is 3.23. The van der Waals surface area contributed by atoms with Crippen LogP contribution in [0.2, 0.25) is 0 Å². The molecule has 0 aliphatic carbocycles. The molecule has 82 valence electrons. The predicted octanol–water partition coefficient (Wildman–Crippen LogP) is 1.93. The lowest BCUT2D eigenvalue weighted by atomic mass is 10.5. The van der Waals surface area contributed by atoms with E-state index in [4.69, 9.17) is 0 Å². The average molecular weight is 237 g/mol. The molecule has 1 aromatic heterocycles. The van der Waals surface area contributed by atoms with Crippen molar-refractivity contribution in [2.45, 2.75) is 11.1 Å². The number of hydrogen-bond acceptors (Lipinski definition) is 3. The molecule has 0 fully saturated rings. The van der Waals surface area contributed by atoms with E-state index in [1.807, 2.05) is 0 Å². The lowest BCUT2D eigenvalue weighted by molar-refractivity contribution is -0.0797. The Morgan fingerprint density at radius 3 is 2.47 bits per heavy atom. The van der Waals surface area contributed by atoms with Gasteiger partial charge in [-0.3, -0.25) is 4.98 Å². The molecular formula is C8H6F3NO2S. The maximum Gasteiger partial charge on any atom is 0.410 e. The van der Waals surface area contributed by atoms with Gasteiger partial charge in [0.15, 0.2) is 0 Å². The smallest absolute Gasteiger partial charge is 0.263 e. The van der Waals surface area contributed by atoms with Crippen molar-refractivity contribution in [3.63, 3.8) is 0 Å². The van der Waals surface area contributed by atoms with Crippen LogP contribution in [0.3, 0.4) is 0 Å². The minimum absolute atomic E-state index is 0.115. The van der Waals surface area contributed by atoms with Crippen LogP contribution in [-0.4, -0.2) is 19.6 Å². The first-order valence-corrected chi connectivity index (χ1v) is 5.27. The number of sulfone groups is 1. The number of halogens is 3. The van der Waals surface area contributed by atoms with Crippen LogP contribution >= 0.6 is 0 Å². The second-order valence-electron chi connectivity index (χ2n) is 2.58. The standard InChI is InChI=1S/C8H6F3NO2S/c9-8(10,11)3-5-15(13,14)7-2-1-4-12-6-7/h1-6H/b5-3+. The van der Waals surface area contributed by atoms with Gasteiger partial charge in [0.1, 0.15) is 0 Å². The summed E-state index contributed by atoms with van der Waals surface area (Å²) < 4.78 is 57.7. The Morgan fingerprint density at radius 1 is 1.33 bits per heavy atom. The SMILES string of the molecule is O=S(=O)(/C=C/C(F)(F)F)c1cccnc1. The third-order valence-electron chi connectivity index (χ3n) is 1.40. The molecule has 0 bridgehead atoms. The lowest BCUT2D eigenvalue weighted by Gasteiger charge is -1.99. The molecule has 7 heteroatoms. The van der Waals surface area contributed by atoms with Crippen molar-refractivity contribution in [1.29, 1.82) is 0 Å². The van der Waals surface area contributed by atoms with E-state index in [9.17, 15) is 21.6 Å². The number of aromatic nitrogens is 1. The largest absolute Gasteiger partial charge is 0.410 e. The number of nitrogens with zero attached hydrogens (tertiary/aromatic N) is 1. The fraction of sp³-hybridized carbons (Fsp3) is 0.125. The van der Waals surface area contributed by atoms with Crippen LogP contribution in [0.15, 0.2) is 40.9 Å². The Bertz CT molecular complexity index is 451. The molecule has 1 rings (SSSR count). The minimum Gasteiger partial charge on any atom is -0.263 e. The molecule has 0 spiro atoms. The van der Waals surface area contributed by atoms with E-state index in [1.54, 1.807) is 0 Å². The van der Waals surface area contributed by atoms with Gasteiger partial charge in [0.25, 0.3) is 0 Å². The number of alkyl halides is 3. The molecule has 3 nitrogen and oxygen atoms in total. The van der Waals surface area contributed by atoms with E-state index in [1.165, 1.54) is 18.3 Å². The molecule has 0 atom stereocenters. The molecule has 0 N–H and O–H groups in total. The van der Waals surface area contributed by atoms with Crippen LogP contribution in [0.5, 0.6) is 0 Å². The van der Waals surface area contributed by atoms with Gasteiger partial charge in [0, 0.05) is 23.9 Å².